The average Bonchev–Trinajstić information content (AvgIpc) is 3.89. The van der Waals surface area contributed by atoms with Gasteiger partial charge in [-0.3, -0.25) is 0 Å². The fourth-order valence-electron chi connectivity index (χ4n) is 6.07. The zero-order valence-corrected chi connectivity index (χ0v) is 31.8. The first kappa shape index (κ1) is 39.1. The van der Waals surface area contributed by atoms with Gasteiger partial charge in [0.1, 0.15) is 23.0 Å². The predicted octanol–water partition coefficient (Wildman–Crippen LogP) is 8.30. The summed E-state index contributed by atoms with van der Waals surface area (Å²) in [6, 6.07) is 0. The average molecular weight is 728 g/mol. The lowest BCUT2D eigenvalue weighted by Gasteiger charge is -2.36. The number of rotatable bonds is 5. The Morgan fingerprint density at radius 3 is 1.96 bits per heavy atom. The van der Waals surface area contributed by atoms with Gasteiger partial charge in [-0.05, 0) is 62.5 Å². The van der Waals surface area contributed by atoms with Crippen molar-refractivity contribution >= 4 is 35.4 Å². The number of ether oxygens (including phenoxy) is 2. The van der Waals surface area contributed by atoms with E-state index in [2.05, 4.69) is 39.3 Å². The molecule has 2 fully saturated rings. The number of hydrogen-bond donors (Lipinski definition) is 3. The van der Waals surface area contributed by atoms with Crippen LogP contribution in [0.2, 0.25) is 0 Å². The van der Waals surface area contributed by atoms with E-state index in [9.17, 15) is 19.8 Å². The van der Waals surface area contributed by atoms with Crippen LogP contribution < -0.4 is 0 Å². The third-order valence-electron chi connectivity index (χ3n) is 10.6. The number of imidazole rings is 1. The Morgan fingerprint density at radius 2 is 1.37 bits per heavy atom. The molecule has 3 N–H and O–H groups in total. The molecule has 5 rings (SSSR count). The Hall–Kier alpha value is -4.12. The summed E-state index contributed by atoms with van der Waals surface area (Å²) in [5, 5.41) is 23.9. The highest BCUT2D eigenvalue weighted by Gasteiger charge is 2.39. The molecular formula is C42H53N3O6S. The van der Waals surface area contributed by atoms with E-state index in [0.29, 0.717) is 47.3 Å². The Balaban J connectivity index is 1.34. The van der Waals surface area contributed by atoms with Crippen LogP contribution in [0.4, 0.5) is 0 Å². The molecular weight excluding hydrogens is 675 g/mol. The molecule has 8 atom stereocenters. The first-order chi connectivity index (χ1) is 24.8. The van der Waals surface area contributed by atoms with Gasteiger partial charge in [0.05, 0.1) is 12.2 Å². The number of nitrogens with one attached hydrogen (secondary N) is 1. The smallest absolute Gasteiger partial charge is 0.358 e. The van der Waals surface area contributed by atoms with Crippen molar-refractivity contribution in [2.75, 3.05) is 0 Å². The van der Waals surface area contributed by atoms with E-state index >= 15 is 0 Å². The van der Waals surface area contributed by atoms with E-state index in [4.69, 9.17) is 9.47 Å². The van der Waals surface area contributed by atoms with Gasteiger partial charge in [0.25, 0.3) is 0 Å². The summed E-state index contributed by atoms with van der Waals surface area (Å²) >= 11 is 1.37. The molecule has 0 amide bonds. The molecule has 4 bridgehead atoms. The molecule has 2 aromatic heterocycles. The summed E-state index contributed by atoms with van der Waals surface area (Å²) in [4.78, 5) is 38.4. The molecule has 2 aromatic rings. The number of aromatic nitrogens is 3. The quantitative estimate of drug-likeness (QED) is 0.207. The van der Waals surface area contributed by atoms with Crippen LogP contribution in [0.15, 0.2) is 84.5 Å². The molecule has 3 unspecified atom stereocenters. The van der Waals surface area contributed by atoms with Crippen molar-refractivity contribution in [1.82, 2.24) is 15.0 Å². The maximum atomic E-state index is 13.3. The Labute approximate surface area is 311 Å². The van der Waals surface area contributed by atoms with Gasteiger partial charge in [-0.1, -0.05) is 101 Å². The molecule has 3 aliphatic rings. The predicted molar refractivity (Wildman–Crippen MR) is 206 cm³/mol. The molecule has 278 valence electrons. The van der Waals surface area contributed by atoms with Crippen molar-refractivity contribution in [3.8, 4) is 0 Å². The number of fused-ring (bicyclic) bond motifs is 6. The largest absolute Gasteiger partial charge is 0.457 e. The Morgan fingerprint density at radius 1 is 0.808 bits per heavy atom. The minimum absolute atomic E-state index is 0.186. The van der Waals surface area contributed by atoms with Gasteiger partial charge >= 0.3 is 11.9 Å². The SMILES string of the molecule is C/C=C/[C@H](O)C(C)(C)[C@@H]1C/C=C\C2CC2/C=C/C=C\c2nc(c[nH]2)C(=O)O[C@H](C(C)(C)C(C)O)C/C=C\[C@H]2C[C@H]2/C=C/C=C\c2nc(cs2)C(=O)O1. The lowest BCUT2D eigenvalue weighted by atomic mass is 9.79. The summed E-state index contributed by atoms with van der Waals surface area (Å²) in [6.07, 6.45) is 29.6. The van der Waals surface area contributed by atoms with Crippen LogP contribution in [-0.4, -0.2) is 61.5 Å². The fourth-order valence-corrected chi connectivity index (χ4v) is 6.76. The second-order valence-electron chi connectivity index (χ2n) is 15.3. The number of hydrogen-bond acceptors (Lipinski definition) is 9. The topological polar surface area (TPSA) is 135 Å². The number of cyclic esters (lactones) is 2. The molecule has 0 aromatic carbocycles. The number of esters is 2. The number of H-pyrrole nitrogens is 1. The van der Waals surface area contributed by atoms with Crippen LogP contribution in [0.3, 0.4) is 0 Å². The van der Waals surface area contributed by atoms with E-state index in [1.54, 1.807) is 36.7 Å². The molecule has 2 aliphatic carbocycles. The molecule has 1 aliphatic heterocycles. The van der Waals surface area contributed by atoms with Crippen molar-refractivity contribution < 1.29 is 29.3 Å². The number of nitrogens with zero attached hydrogens (tertiary/aromatic N) is 2. The van der Waals surface area contributed by atoms with Gasteiger partial charge < -0.3 is 24.7 Å². The number of aliphatic hydroxyl groups is 2. The van der Waals surface area contributed by atoms with Crippen molar-refractivity contribution in [3.05, 3.63) is 107 Å². The summed E-state index contributed by atoms with van der Waals surface area (Å²) in [7, 11) is 0. The lowest BCUT2D eigenvalue weighted by molar-refractivity contribution is -0.0546. The van der Waals surface area contributed by atoms with E-state index in [-0.39, 0.29) is 11.4 Å². The number of aliphatic hydroxyl groups excluding tert-OH is 2. The monoisotopic (exact) mass is 727 g/mol. The molecule has 0 radical (unpaired) electrons. The first-order valence-corrected chi connectivity index (χ1v) is 19.1. The molecule has 9 nitrogen and oxygen atoms in total. The molecule has 2 saturated carbocycles. The van der Waals surface area contributed by atoms with E-state index < -0.39 is 47.2 Å². The Kier molecular flexibility index (Phi) is 12.9. The third-order valence-corrected chi connectivity index (χ3v) is 11.4. The van der Waals surface area contributed by atoms with Crippen LogP contribution in [0.5, 0.6) is 0 Å². The summed E-state index contributed by atoms with van der Waals surface area (Å²) in [6.45, 7) is 11.2. The highest BCUT2D eigenvalue weighted by atomic mass is 32.1. The third kappa shape index (κ3) is 10.3. The van der Waals surface area contributed by atoms with E-state index in [0.717, 1.165) is 12.8 Å². The summed E-state index contributed by atoms with van der Waals surface area (Å²) < 4.78 is 12.0. The van der Waals surface area contributed by atoms with Crippen molar-refractivity contribution in [2.45, 2.75) is 91.6 Å². The van der Waals surface area contributed by atoms with Crippen molar-refractivity contribution in [1.29, 1.82) is 0 Å². The van der Waals surface area contributed by atoms with Crippen LogP contribution >= 0.6 is 11.3 Å². The lowest BCUT2D eigenvalue weighted by Crippen LogP contribution is -2.42. The maximum absolute atomic E-state index is 13.3. The second kappa shape index (κ2) is 17.1. The second-order valence-corrected chi connectivity index (χ2v) is 16.2. The highest BCUT2D eigenvalue weighted by molar-refractivity contribution is 7.10. The normalized spacial score (nSPS) is 31.1. The molecule has 0 saturated heterocycles. The number of carbonyl (C=O) groups is 2. The van der Waals surface area contributed by atoms with Gasteiger partial charge in [0.15, 0.2) is 11.4 Å². The molecule has 3 heterocycles. The number of allylic oxidation sites excluding steroid dienone is 9. The number of thiazole rings is 1. The van der Waals surface area contributed by atoms with Crippen LogP contribution in [0.1, 0.15) is 99.0 Å². The highest BCUT2D eigenvalue weighted by Crippen LogP contribution is 2.42. The standard InChI is InChI=1S/C42H53N3O6S/c1-7-14-34(47)42(5,6)36-20-13-18-31-23-28(31)15-8-10-21-37-43-25-32(44-37)39(48)50-35(41(3,4)27(2)46)19-12-17-30-24-29(30)16-9-11-22-38-45-33(26-52-38)40(49)51-36/h7-18,21-22,25-31,34-36,46-47H,19-20,23-24H2,1-6H3,(H,43,44)/b14-7+,15-8+,16-9+,17-12-,18-13-,21-10-,22-11-/t27?,28?,29-,30+,31?,34+,35+,36+/m1/s1. The van der Waals surface area contributed by atoms with Gasteiger partial charge in [0.2, 0.25) is 0 Å². The van der Waals surface area contributed by atoms with E-state index in [1.165, 1.54) is 11.3 Å². The van der Waals surface area contributed by atoms with Crippen molar-refractivity contribution in [3.63, 3.8) is 0 Å². The number of carbonyl (C=O) groups excluding carboxylic acids is 2. The van der Waals surface area contributed by atoms with Gasteiger partial charge in [-0.2, -0.15) is 0 Å². The summed E-state index contributed by atoms with van der Waals surface area (Å²) in [5.41, 5.74) is -0.978. The molecule has 10 heteroatoms. The van der Waals surface area contributed by atoms with Crippen LogP contribution in [0.25, 0.3) is 12.2 Å². The first-order valence-electron chi connectivity index (χ1n) is 18.2. The minimum Gasteiger partial charge on any atom is -0.457 e. The Bertz CT molecular complexity index is 1750. The fraction of sp³-hybridized carbons (Fsp3) is 0.476. The molecule has 0 spiro atoms. The van der Waals surface area contributed by atoms with Crippen LogP contribution in [-0.2, 0) is 9.47 Å². The van der Waals surface area contributed by atoms with Crippen molar-refractivity contribution in [2.24, 2.45) is 34.5 Å². The summed E-state index contributed by atoms with van der Waals surface area (Å²) in [5.74, 6) is 1.04. The van der Waals surface area contributed by atoms with Gasteiger partial charge in [-0.25, -0.2) is 19.6 Å². The zero-order valence-electron chi connectivity index (χ0n) is 31.0. The number of aromatic amines is 1. The maximum Gasteiger partial charge on any atom is 0.358 e. The van der Waals surface area contributed by atoms with Crippen LogP contribution in [0, 0.1) is 34.5 Å². The zero-order chi connectivity index (χ0) is 37.5. The van der Waals surface area contributed by atoms with E-state index in [1.807, 2.05) is 77.2 Å². The minimum atomic E-state index is -0.799. The van der Waals surface area contributed by atoms with Gasteiger partial charge in [0, 0.05) is 35.2 Å². The van der Waals surface area contributed by atoms with Gasteiger partial charge in [-0.15, -0.1) is 11.3 Å². The molecule has 52 heavy (non-hydrogen) atoms.